The molecular weight excluding hydrogens is 362 g/mol. The average molecular weight is 371 g/mol. The van der Waals surface area contributed by atoms with Gasteiger partial charge in [-0.3, -0.25) is 14.9 Å². The fraction of sp³-hybridized carbons (Fsp3) is 0. The summed E-state index contributed by atoms with van der Waals surface area (Å²) in [5, 5.41) is 13.5. The minimum Gasteiger partial charge on any atom is -0.399 e. The molecule has 2 aromatic carbocycles. The molecule has 0 bridgehead atoms. The summed E-state index contributed by atoms with van der Waals surface area (Å²) in [7, 11) is 0. The van der Waals surface area contributed by atoms with E-state index in [1.165, 1.54) is 24.3 Å². The second kappa shape index (κ2) is 6.11. The zero-order valence-electron chi connectivity index (χ0n) is 10.5. The van der Waals surface area contributed by atoms with Crippen LogP contribution < -0.4 is 11.1 Å². The number of nitro benzene ring substituents is 1. The third-order valence-electron chi connectivity index (χ3n) is 2.59. The summed E-state index contributed by atoms with van der Waals surface area (Å²) in [6, 6.07) is 8.53. The highest BCUT2D eigenvalue weighted by atomic mass is 79.9. The quantitative estimate of drug-likeness (QED) is 0.487. The van der Waals surface area contributed by atoms with Crippen molar-refractivity contribution in [2.24, 2.45) is 0 Å². The van der Waals surface area contributed by atoms with Crippen LogP contribution >= 0.6 is 27.5 Å². The van der Waals surface area contributed by atoms with Gasteiger partial charge in [0.25, 0.3) is 11.6 Å². The maximum absolute atomic E-state index is 12.1. The Labute approximate surface area is 133 Å². The van der Waals surface area contributed by atoms with Crippen molar-refractivity contribution in [3.05, 3.63) is 61.6 Å². The lowest BCUT2D eigenvalue weighted by atomic mass is 10.2. The number of non-ortho nitro benzene ring substituents is 1. The van der Waals surface area contributed by atoms with Gasteiger partial charge in [0.1, 0.15) is 0 Å². The number of nitrogens with zero attached hydrogens (tertiary/aromatic N) is 1. The fourth-order valence-corrected chi connectivity index (χ4v) is 2.34. The van der Waals surface area contributed by atoms with E-state index in [1.54, 1.807) is 12.1 Å². The Kier molecular flexibility index (Phi) is 4.44. The predicted molar refractivity (Wildman–Crippen MR) is 84.6 cm³/mol. The summed E-state index contributed by atoms with van der Waals surface area (Å²) in [6.45, 7) is 0. The van der Waals surface area contributed by atoms with Crippen LogP contribution in [0.1, 0.15) is 10.4 Å². The Morgan fingerprint density at radius 3 is 2.62 bits per heavy atom. The van der Waals surface area contributed by atoms with Gasteiger partial charge < -0.3 is 11.1 Å². The standard InChI is InChI=1S/C13H9BrClN3O3/c14-8-3-7(4-9(16)5-8)13(19)17-12-6-10(18(20)21)1-2-11(12)15/h1-6H,16H2,(H,17,19). The molecule has 0 aliphatic carbocycles. The number of nitrogens with two attached hydrogens (primary N) is 1. The molecule has 108 valence electrons. The summed E-state index contributed by atoms with van der Waals surface area (Å²) < 4.78 is 0.651. The minimum absolute atomic E-state index is 0.161. The Hall–Kier alpha value is -2.12. The van der Waals surface area contributed by atoms with E-state index in [-0.39, 0.29) is 16.4 Å². The van der Waals surface area contributed by atoms with Gasteiger partial charge in [0, 0.05) is 27.9 Å². The molecule has 0 unspecified atom stereocenters. The second-order valence-electron chi connectivity index (χ2n) is 4.15. The Balaban J connectivity index is 2.31. The number of halogens is 2. The highest BCUT2D eigenvalue weighted by Crippen LogP contribution is 2.27. The van der Waals surface area contributed by atoms with Crippen molar-refractivity contribution in [1.29, 1.82) is 0 Å². The van der Waals surface area contributed by atoms with Crippen molar-refractivity contribution >= 4 is 50.5 Å². The van der Waals surface area contributed by atoms with Gasteiger partial charge in [-0.2, -0.15) is 0 Å². The van der Waals surface area contributed by atoms with Gasteiger partial charge in [0.05, 0.1) is 15.6 Å². The normalized spacial score (nSPS) is 10.2. The lowest BCUT2D eigenvalue weighted by Gasteiger charge is -2.08. The van der Waals surface area contributed by atoms with E-state index in [4.69, 9.17) is 17.3 Å². The lowest BCUT2D eigenvalue weighted by Crippen LogP contribution is -2.12. The fourth-order valence-electron chi connectivity index (χ4n) is 1.66. The third kappa shape index (κ3) is 3.71. The van der Waals surface area contributed by atoms with Crippen LogP contribution in [0.25, 0.3) is 0 Å². The zero-order valence-corrected chi connectivity index (χ0v) is 12.8. The first kappa shape index (κ1) is 15.3. The maximum atomic E-state index is 12.1. The number of nitrogen functional groups attached to an aromatic ring is 1. The highest BCUT2D eigenvalue weighted by Gasteiger charge is 2.14. The molecule has 3 N–H and O–H groups in total. The van der Waals surface area contributed by atoms with Gasteiger partial charge >= 0.3 is 0 Å². The summed E-state index contributed by atoms with van der Waals surface area (Å²) in [5.74, 6) is -0.467. The number of nitrogens with one attached hydrogen (secondary N) is 1. The van der Waals surface area contributed by atoms with Gasteiger partial charge in [0.15, 0.2) is 0 Å². The van der Waals surface area contributed by atoms with Gasteiger partial charge in [-0.25, -0.2) is 0 Å². The van der Waals surface area contributed by atoms with Crippen LogP contribution in [0, 0.1) is 10.1 Å². The molecular formula is C13H9BrClN3O3. The minimum atomic E-state index is -0.566. The van der Waals surface area contributed by atoms with E-state index in [0.717, 1.165) is 0 Å². The number of nitro groups is 1. The van der Waals surface area contributed by atoms with Crippen LogP contribution in [0.5, 0.6) is 0 Å². The second-order valence-corrected chi connectivity index (χ2v) is 5.47. The molecule has 1 amide bonds. The van der Waals surface area contributed by atoms with Gasteiger partial charge in [-0.15, -0.1) is 0 Å². The largest absolute Gasteiger partial charge is 0.399 e. The number of anilines is 2. The van der Waals surface area contributed by atoms with Crippen molar-refractivity contribution in [2.75, 3.05) is 11.1 Å². The Morgan fingerprint density at radius 1 is 1.29 bits per heavy atom. The Bertz CT molecular complexity index is 716. The SMILES string of the molecule is Nc1cc(Br)cc(C(=O)Nc2cc([N+](=O)[O-])ccc2Cl)c1. The number of carbonyl (C=O) groups is 1. The van der Waals surface area contributed by atoms with E-state index in [1.807, 2.05) is 0 Å². The molecule has 6 nitrogen and oxygen atoms in total. The molecule has 0 atom stereocenters. The summed E-state index contributed by atoms with van der Waals surface area (Å²) in [5.41, 5.74) is 6.38. The zero-order chi connectivity index (χ0) is 15.6. The average Bonchev–Trinajstić information content (AvgIpc) is 2.39. The molecule has 0 aliphatic rings. The van der Waals surface area contributed by atoms with Gasteiger partial charge in [-0.05, 0) is 24.3 Å². The highest BCUT2D eigenvalue weighted by molar-refractivity contribution is 9.10. The van der Waals surface area contributed by atoms with E-state index < -0.39 is 10.8 Å². The number of hydrogen-bond acceptors (Lipinski definition) is 4. The van der Waals surface area contributed by atoms with E-state index in [9.17, 15) is 14.9 Å². The maximum Gasteiger partial charge on any atom is 0.271 e. The van der Waals surface area contributed by atoms with E-state index in [2.05, 4.69) is 21.2 Å². The molecule has 2 rings (SSSR count). The topological polar surface area (TPSA) is 98.3 Å². The van der Waals surface area contributed by atoms with E-state index >= 15 is 0 Å². The summed E-state index contributed by atoms with van der Waals surface area (Å²) in [4.78, 5) is 22.3. The molecule has 21 heavy (non-hydrogen) atoms. The molecule has 0 heterocycles. The summed E-state index contributed by atoms with van der Waals surface area (Å²) >= 11 is 9.16. The molecule has 0 saturated heterocycles. The van der Waals surface area contributed by atoms with E-state index in [0.29, 0.717) is 15.7 Å². The predicted octanol–water partition coefficient (Wildman–Crippen LogP) is 3.85. The smallest absolute Gasteiger partial charge is 0.271 e. The Morgan fingerprint density at radius 2 is 2.00 bits per heavy atom. The number of benzene rings is 2. The first-order chi connectivity index (χ1) is 9.86. The van der Waals surface area contributed by atoms with Crippen molar-refractivity contribution in [1.82, 2.24) is 0 Å². The molecule has 0 radical (unpaired) electrons. The first-order valence-electron chi connectivity index (χ1n) is 5.68. The monoisotopic (exact) mass is 369 g/mol. The molecule has 0 aliphatic heterocycles. The molecule has 2 aromatic rings. The number of rotatable bonds is 3. The lowest BCUT2D eigenvalue weighted by molar-refractivity contribution is -0.384. The first-order valence-corrected chi connectivity index (χ1v) is 6.85. The van der Waals surface area contributed by atoms with Crippen LogP contribution in [0.2, 0.25) is 5.02 Å². The van der Waals surface area contributed by atoms with Gasteiger partial charge in [-0.1, -0.05) is 27.5 Å². The molecule has 0 aromatic heterocycles. The summed E-state index contributed by atoms with van der Waals surface area (Å²) in [6.07, 6.45) is 0. The van der Waals surface area contributed by atoms with Crippen molar-refractivity contribution in [2.45, 2.75) is 0 Å². The number of carbonyl (C=O) groups excluding carboxylic acids is 1. The van der Waals surface area contributed by atoms with Gasteiger partial charge in [0.2, 0.25) is 0 Å². The molecule has 0 fully saturated rings. The van der Waals surface area contributed by atoms with Crippen LogP contribution in [0.3, 0.4) is 0 Å². The van der Waals surface area contributed by atoms with Crippen LogP contribution in [-0.2, 0) is 0 Å². The number of hydrogen-bond donors (Lipinski definition) is 2. The van der Waals surface area contributed by atoms with Crippen LogP contribution in [0.4, 0.5) is 17.1 Å². The van der Waals surface area contributed by atoms with Crippen molar-refractivity contribution in [3.8, 4) is 0 Å². The third-order valence-corrected chi connectivity index (χ3v) is 3.38. The van der Waals surface area contributed by atoms with Crippen LogP contribution in [0.15, 0.2) is 40.9 Å². The molecule has 0 saturated carbocycles. The van der Waals surface area contributed by atoms with Crippen molar-refractivity contribution < 1.29 is 9.72 Å². The number of amides is 1. The molecule has 0 spiro atoms. The van der Waals surface area contributed by atoms with Crippen LogP contribution in [-0.4, -0.2) is 10.8 Å². The van der Waals surface area contributed by atoms with Crippen molar-refractivity contribution in [3.63, 3.8) is 0 Å². The molecule has 8 heteroatoms.